The summed E-state index contributed by atoms with van der Waals surface area (Å²) in [6, 6.07) is -0.119. The Morgan fingerprint density at radius 3 is 2.78 bits per heavy atom. The standard InChI is InChI=1S/C15H29NO2/c1-4-14(15(17)18-5-2)16-10-9-13-8-6-7-12(3)11-13/h12-14,16H,4-11H2,1-3H3. The van der Waals surface area contributed by atoms with Crippen molar-refractivity contribution in [2.75, 3.05) is 13.2 Å². The number of esters is 1. The highest BCUT2D eigenvalue weighted by molar-refractivity contribution is 5.75. The number of carbonyl (C=O) groups excluding carboxylic acids is 1. The molecule has 3 nitrogen and oxygen atoms in total. The summed E-state index contributed by atoms with van der Waals surface area (Å²) in [4.78, 5) is 11.6. The second-order valence-electron chi connectivity index (χ2n) is 5.59. The van der Waals surface area contributed by atoms with Crippen molar-refractivity contribution >= 4 is 5.97 Å². The zero-order valence-electron chi connectivity index (χ0n) is 12.2. The van der Waals surface area contributed by atoms with Crippen LogP contribution in [-0.4, -0.2) is 25.2 Å². The van der Waals surface area contributed by atoms with E-state index in [9.17, 15) is 4.79 Å². The van der Waals surface area contributed by atoms with Crippen LogP contribution in [0.4, 0.5) is 0 Å². The van der Waals surface area contributed by atoms with Crippen LogP contribution < -0.4 is 5.32 Å². The van der Waals surface area contributed by atoms with E-state index in [2.05, 4.69) is 12.2 Å². The summed E-state index contributed by atoms with van der Waals surface area (Å²) in [7, 11) is 0. The summed E-state index contributed by atoms with van der Waals surface area (Å²) < 4.78 is 5.05. The smallest absolute Gasteiger partial charge is 0.323 e. The van der Waals surface area contributed by atoms with E-state index in [-0.39, 0.29) is 12.0 Å². The maximum atomic E-state index is 11.6. The van der Waals surface area contributed by atoms with Gasteiger partial charge in [0, 0.05) is 0 Å². The van der Waals surface area contributed by atoms with E-state index < -0.39 is 0 Å². The van der Waals surface area contributed by atoms with Crippen LogP contribution in [0.3, 0.4) is 0 Å². The quantitative estimate of drug-likeness (QED) is 0.710. The van der Waals surface area contributed by atoms with Gasteiger partial charge in [0.25, 0.3) is 0 Å². The van der Waals surface area contributed by atoms with Crippen molar-refractivity contribution < 1.29 is 9.53 Å². The van der Waals surface area contributed by atoms with E-state index in [4.69, 9.17) is 4.74 Å². The van der Waals surface area contributed by atoms with Crippen molar-refractivity contribution in [1.82, 2.24) is 5.32 Å². The van der Waals surface area contributed by atoms with Gasteiger partial charge in [-0.1, -0.05) is 33.1 Å². The maximum Gasteiger partial charge on any atom is 0.323 e. The molecular weight excluding hydrogens is 226 g/mol. The van der Waals surface area contributed by atoms with Crippen LogP contribution in [0.15, 0.2) is 0 Å². The average molecular weight is 255 g/mol. The molecule has 3 atom stereocenters. The lowest BCUT2D eigenvalue weighted by Crippen LogP contribution is -2.38. The van der Waals surface area contributed by atoms with Gasteiger partial charge in [-0.25, -0.2) is 0 Å². The predicted molar refractivity (Wildman–Crippen MR) is 74.5 cm³/mol. The molecule has 1 rings (SSSR count). The Balaban J connectivity index is 2.20. The van der Waals surface area contributed by atoms with E-state index in [0.717, 1.165) is 24.8 Å². The monoisotopic (exact) mass is 255 g/mol. The van der Waals surface area contributed by atoms with Gasteiger partial charge < -0.3 is 10.1 Å². The molecule has 1 aliphatic rings. The Morgan fingerprint density at radius 1 is 1.39 bits per heavy atom. The van der Waals surface area contributed by atoms with E-state index in [1.807, 2.05) is 13.8 Å². The zero-order chi connectivity index (χ0) is 13.4. The molecule has 3 unspecified atom stereocenters. The van der Waals surface area contributed by atoms with Gasteiger partial charge in [-0.2, -0.15) is 0 Å². The molecule has 1 fully saturated rings. The van der Waals surface area contributed by atoms with E-state index in [1.165, 1.54) is 32.1 Å². The first-order chi connectivity index (χ1) is 8.67. The van der Waals surface area contributed by atoms with Gasteiger partial charge in [-0.15, -0.1) is 0 Å². The largest absolute Gasteiger partial charge is 0.465 e. The maximum absolute atomic E-state index is 11.6. The number of nitrogens with one attached hydrogen (secondary N) is 1. The van der Waals surface area contributed by atoms with Crippen LogP contribution >= 0.6 is 0 Å². The lowest BCUT2D eigenvalue weighted by Gasteiger charge is -2.27. The molecule has 0 amide bonds. The lowest BCUT2D eigenvalue weighted by atomic mass is 9.81. The van der Waals surface area contributed by atoms with Crippen LogP contribution in [0.25, 0.3) is 0 Å². The third-order valence-corrected chi connectivity index (χ3v) is 3.97. The molecule has 0 aromatic rings. The minimum atomic E-state index is -0.119. The molecule has 0 saturated heterocycles. The number of hydrogen-bond donors (Lipinski definition) is 1. The molecule has 0 radical (unpaired) electrons. The van der Waals surface area contributed by atoms with Crippen LogP contribution in [0, 0.1) is 11.8 Å². The molecule has 0 aliphatic heterocycles. The van der Waals surface area contributed by atoms with Crippen molar-refractivity contribution in [3.05, 3.63) is 0 Å². The molecule has 106 valence electrons. The highest BCUT2D eigenvalue weighted by Gasteiger charge is 2.20. The molecule has 1 aliphatic carbocycles. The van der Waals surface area contributed by atoms with Crippen molar-refractivity contribution in [1.29, 1.82) is 0 Å². The molecule has 18 heavy (non-hydrogen) atoms. The topological polar surface area (TPSA) is 38.3 Å². The van der Waals surface area contributed by atoms with Gasteiger partial charge in [-0.3, -0.25) is 4.79 Å². The fourth-order valence-corrected chi connectivity index (χ4v) is 2.92. The van der Waals surface area contributed by atoms with Crippen molar-refractivity contribution in [2.45, 2.75) is 65.3 Å². The van der Waals surface area contributed by atoms with Gasteiger partial charge in [0.05, 0.1) is 6.61 Å². The summed E-state index contributed by atoms with van der Waals surface area (Å²) in [6.45, 7) is 7.64. The fourth-order valence-electron chi connectivity index (χ4n) is 2.92. The van der Waals surface area contributed by atoms with Crippen molar-refractivity contribution in [3.63, 3.8) is 0 Å². The summed E-state index contributed by atoms with van der Waals surface area (Å²) in [6.07, 6.45) is 7.49. The fraction of sp³-hybridized carbons (Fsp3) is 0.933. The molecule has 0 aromatic heterocycles. The molecule has 1 saturated carbocycles. The Bertz CT molecular complexity index is 243. The molecular formula is C15H29NO2. The van der Waals surface area contributed by atoms with Crippen LogP contribution in [0.1, 0.15) is 59.3 Å². The van der Waals surface area contributed by atoms with E-state index in [0.29, 0.717) is 6.61 Å². The Morgan fingerprint density at radius 2 is 2.17 bits per heavy atom. The van der Waals surface area contributed by atoms with Crippen LogP contribution in [0.5, 0.6) is 0 Å². The van der Waals surface area contributed by atoms with E-state index in [1.54, 1.807) is 0 Å². The molecule has 3 heteroatoms. The second-order valence-corrected chi connectivity index (χ2v) is 5.59. The van der Waals surface area contributed by atoms with Gasteiger partial charge in [0.1, 0.15) is 6.04 Å². The third kappa shape index (κ3) is 5.38. The minimum Gasteiger partial charge on any atom is -0.465 e. The van der Waals surface area contributed by atoms with Gasteiger partial charge in [0.15, 0.2) is 0 Å². The summed E-state index contributed by atoms with van der Waals surface area (Å²) in [5.41, 5.74) is 0. The predicted octanol–water partition coefficient (Wildman–Crippen LogP) is 3.13. The third-order valence-electron chi connectivity index (χ3n) is 3.97. The first-order valence-electron chi connectivity index (χ1n) is 7.57. The first-order valence-corrected chi connectivity index (χ1v) is 7.57. The van der Waals surface area contributed by atoms with Crippen LogP contribution in [-0.2, 0) is 9.53 Å². The van der Waals surface area contributed by atoms with Crippen molar-refractivity contribution in [3.8, 4) is 0 Å². The van der Waals surface area contributed by atoms with Crippen LogP contribution in [0.2, 0.25) is 0 Å². The molecule has 0 spiro atoms. The molecule has 0 heterocycles. The molecule has 0 aromatic carbocycles. The number of ether oxygens (including phenoxy) is 1. The Hall–Kier alpha value is -0.570. The SMILES string of the molecule is CCOC(=O)C(CC)NCCC1CCCC(C)C1. The van der Waals surface area contributed by atoms with E-state index >= 15 is 0 Å². The molecule has 1 N–H and O–H groups in total. The summed E-state index contributed by atoms with van der Waals surface area (Å²) >= 11 is 0. The minimum absolute atomic E-state index is 0.1000. The zero-order valence-corrected chi connectivity index (χ0v) is 12.2. The number of rotatable bonds is 7. The first kappa shape index (κ1) is 15.5. The molecule has 0 bridgehead atoms. The number of carbonyl (C=O) groups is 1. The normalized spacial score (nSPS) is 25.7. The second kappa shape index (κ2) is 8.52. The summed E-state index contributed by atoms with van der Waals surface area (Å²) in [5.74, 6) is 1.63. The highest BCUT2D eigenvalue weighted by Crippen LogP contribution is 2.30. The highest BCUT2D eigenvalue weighted by atomic mass is 16.5. The lowest BCUT2D eigenvalue weighted by molar-refractivity contribution is -0.145. The number of hydrogen-bond acceptors (Lipinski definition) is 3. The van der Waals surface area contributed by atoms with Gasteiger partial charge in [0.2, 0.25) is 0 Å². The summed E-state index contributed by atoms with van der Waals surface area (Å²) in [5, 5.41) is 3.34. The average Bonchev–Trinajstić information content (AvgIpc) is 2.35. The Labute approximate surface area is 112 Å². The Kier molecular flexibility index (Phi) is 7.33. The van der Waals surface area contributed by atoms with Gasteiger partial charge in [-0.05, 0) is 44.6 Å². The van der Waals surface area contributed by atoms with Crippen molar-refractivity contribution in [2.24, 2.45) is 11.8 Å². The van der Waals surface area contributed by atoms with Gasteiger partial charge >= 0.3 is 5.97 Å².